The van der Waals surface area contributed by atoms with Crippen LogP contribution in [0.4, 0.5) is 4.79 Å². The second-order valence-electron chi connectivity index (χ2n) is 3.54. The molecule has 2 unspecified atom stereocenters. The van der Waals surface area contributed by atoms with Crippen molar-refractivity contribution >= 4 is 6.16 Å². The zero-order valence-corrected chi connectivity index (χ0v) is 7.80. The summed E-state index contributed by atoms with van der Waals surface area (Å²) in [6.45, 7) is 3.67. The maximum absolute atomic E-state index is 10.3. The van der Waals surface area contributed by atoms with E-state index in [1.165, 1.54) is 5.06 Å². The van der Waals surface area contributed by atoms with Crippen LogP contribution in [-0.4, -0.2) is 39.6 Å². The standard InChI is InChI=1S/C8H15NO4/c1-5-3-7(10)4-6(2)9(5)13-8(11)12/h5-7,10H,3-4H2,1-2H3,(H,11,12). The van der Waals surface area contributed by atoms with E-state index in [9.17, 15) is 9.90 Å². The van der Waals surface area contributed by atoms with E-state index in [0.29, 0.717) is 12.8 Å². The summed E-state index contributed by atoms with van der Waals surface area (Å²) < 4.78 is 0. The van der Waals surface area contributed by atoms with Crippen LogP contribution in [0.2, 0.25) is 0 Å². The van der Waals surface area contributed by atoms with Crippen LogP contribution in [0.15, 0.2) is 0 Å². The first-order valence-electron chi connectivity index (χ1n) is 4.38. The molecular weight excluding hydrogens is 174 g/mol. The summed E-state index contributed by atoms with van der Waals surface area (Å²) in [7, 11) is 0. The molecule has 1 rings (SSSR count). The average molecular weight is 189 g/mol. The van der Waals surface area contributed by atoms with Crippen LogP contribution < -0.4 is 0 Å². The highest BCUT2D eigenvalue weighted by molar-refractivity contribution is 5.56. The van der Waals surface area contributed by atoms with Gasteiger partial charge in [-0.1, -0.05) is 0 Å². The Morgan fingerprint density at radius 3 is 2.23 bits per heavy atom. The largest absolute Gasteiger partial charge is 0.525 e. The molecule has 76 valence electrons. The van der Waals surface area contributed by atoms with Gasteiger partial charge in [-0.05, 0) is 26.7 Å². The van der Waals surface area contributed by atoms with Gasteiger partial charge in [-0.3, -0.25) is 0 Å². The molecule has 1 aliphatic heterocycles. The van der Waals surface area contributed by atoms with Gasteiger partial charge in [0.25, 0.3) is 0 Å². The lowest BCUT2D eigenvalue weighted by molar-refractivity contribution is -0.196. The molecule has 0 amide bonds. The molecular formula is C8H15NO4. The molecule has 0 spiro atoms. The third-order valence-electron chi connectivity index (χ3n) is 2.28. The van der Waals surface area contributed by atoms with E-state index >= 15 is 0 Å². The lowest BCUT2D eigenvalue weighted by Crippen LogP contribution is -2.48. The Hall–Kier alpha value is -0.810. The van der Waals surface area contributed by atoms with Crippen molar-refractivity contribution in [2.75, 3.05) is 0 Å². The van der Waals surface area contributed by atoms with Crippen LogP contribution in [0.25, 0.3) is 0 Å². The maximum atomic E-state index is 10.3. The third-order valence-corrected chi connectivity index (χ3v) is 2.28. The van der Waals surface area contributed by atoms with Crippen molar-refractivity contribution in [1.29, 1.82) is 0 Å². The summed E-state index contributed by atoms with van der Waals surface area (Å²) in [5, 5.41) is 19.2. The number of aliphatic hydroxyl groups excluding tert-OH is 1. The van der Waals surface area contributed by atoms with Crippen molar-refractivity contribution in [2.45, 2.75) is 44.9 Å². The zero-order valence-electron chi connectivity index (χ0n) is 7.80. The normalized spacial score (nSPS) is 35.8. The summed E-state index contributed by atoms with van der Waals surface area (Å²) in [6, 6.07) is -0.121. The first kappa shape index (κ1) is 10.3. The van der Waals surface area contributed by atoms with Crippen molar-refractivity contribution in [2.24, 2.45) is 0 Å². The Bertz CT molecular complexity index is 185. The number of aliphatic hydroxyl groups is 1. The molecule has 5 nitrogen and oxygen atoms in total. The Kier molecular flexibility index (Phi) is 3.11. The number of hydrogen-bond acceptors (Lipinski definition) is 4. The highest BCUT2D eigenvalue weighted by Gasteiger charge is 2.32. The molecule has 13 heavy (non-hydrogen) atoms. The van der Waals surface area contributed by atoms with Gasteiger partial charge in [-0.25, -0.2) is 4.79 Å². The van der Waals surface area contributed by atoms with E-state index in [1.54, 1.807) is 0 Å². The summed E-state index contributed by atoms with van der Waals surface area (Å²) >= 11 is 0. The molecule has 2 atom stereocenters. The van der Waals surface area contributed by atoms with Crippen LogP contribution in [0.5, 0.6) is 0 Å². The van der Waals surface area contributed by atoms with E-state index in [4.69, 9.17) is 5.11 Å². The summed E-state index contributed by atoms with van der Waals surface area (Å²) in [5.74, 6) is 0. The lowest BCUT2D eigenvalue weighted by atomic mass is 9.97. The topological polar surface area (TPSA) is 70.0 Å². The molecule has 0 saturated carbocycles. The van der Waals surface area contributed by atoms with Crippen LogP contribution in [-0.2, 0) is 4.84 Å². The average Bonchev–Trinajstić information content (AvgIpc) is 1.96. The summed E-state index contributed by atoms with van der Waals surface area (Å²) in [4.78, 5) is 14.9. The second kappa shape index (κ2) is 3.93. The molecule has 5 heteroatoms. The van der Waals surface area contributed by atoms with Crippen molar-refractivity contribution in [3.63, 3.8) is 0 Å². The van der Waals surface area contributed by atoms with Crippen LogP contribution in [0.3, 0.4) is 0 Å². The summed E-state index contributed by atoms with van der Waals surface area (Å²) in [5.41, 5.74) is 0. The van der Waals surface area contributed by atoms with E-state index in [-0.39, 0.29) is 18.2 Å². The van der Waals surface area contributed by atoms with E-state index in [0.717, 1.165) is 0 Å². The zero-order chi connectivity index (χ0) is 10.0. The Labute approximate surface area is 76.9 Å². The van der Waals surface area contributed by atoms with Crippen molar-refractivity contribution in [3.8, 4) is 0 Å². The van der Waals surface area contributed by atoms with Gasteiger partial charge < -0.3 is 15.1 Å². The molecule has 1 heterocycles. The fourth-order valence-corrected chi connectivity index (χ4v) is 1.80. The number of hydrogen-bond donors (Lipinski definition) is 2. The van der Waals surface area contributed by atoms with Crippen molar-refractivity contribution < 1.29 is 19.8 Å². The SMILES string of the molecule is CC1CC(O)CC(C)N1OC(=O)O. The van der Waals surface area contributed by atoms with Gasteiger partial charge in [0.05, 0.1) is 6.10 Å². The Balaban J connectivity index is 2.56. The minimum absolute atomic E-state index is 0.0603. The molecule has 1 saturated heterocycles. The lowest BCUT2D eigenvalue weighted by Gasteiger charge is -2.37. The number of carboxylic acid groups (broad SMARTS) is 1. The number of piperidine rings is 1. The molecule has 0 aromatic carbocycles. The first-order chi connectivity index (χ1) is 6.00. The number of hydroxylamine groups is 2. The van der Waals surface area contributed by atoms with E-state index in [2.05, 4.69) is 4.84 Å². The molecule has 0 radical (unpaired) electrons. The van der Waals surface area contributed by atoms with Gasteiger partial charge in [-0.2, -0.15) is 0 Å². The maximum Gasteiger partial charge on any atom is 0.525 e. The van der Waals surface area contributed by atoms with Gasteiger partial charge >= 0.3 is 6.16 Å². The van der Waals surface area contributed by atoms with Gasteiger partial charge in [0.1, 0.15) is 0 Å². The van der Waals surface area contributed by atoms with Crippen LogP contribution in [0, 0.1) is 0 Å². The van der Waals surface area contributed by atoms with E-state index < -0.39 is 6.16 Å². The van der Waals surface area contributed by atoms with Gasteiger partial charge in [0, 0.05) is 12.1 Å². The predicted molar refractivity (Wildman–Crippen MR) is 45.1 cm³/mol. The number of rotatable bonds is 1. The smallest absolute Gasteiger partial charge is 0.448 e. The summed E-state index contributed by atoms with van der Waals surface area (Å²) in [6.07, 6.45) is -0.538. The highest BCUT2D eigenvalue weighted by Crippen LogP contribution is 2.23. The third kappa shape index (κ3) is 2.57. The minimum Gasteiger partial charge on any atom is -0.448 e. The predicted octanol–water partition coefficient (Wildman–Crippen LogP) is 0.830. The van der Waals surface area contributed by atoms with Crippen LogP contribution >= 0.6 is 0 Å². The van der Waals surface area contributed by atoms with Gasteiger partial charge in [0.2, 0.25) is 0 Å². The first-order valence-corrected chi connectivity index (χ1v) is 4.38. The van der Waals surface area contributed by atoms with Crippen molar-refractivity contribution in [3.05, 3.63) is 0 Å². The highest BCUT2D eigenvalue weighted by atomic mass is 16.8. The number of carbonyl (C=O) groups is 1. The van der Waals surface area contributed by atoms with Crippen molar-refractivity contribution in [1.82, 2.24) is 5.06 Å². The molecule has 1 fully saturated rings. The molecule has 2 N–H and O–H groups in total. The second-order valence-corrected chi connectivity index (χ2v) is 3.54. The number of nitrogens with zero attached hydrogens (tertiary/aromatic N) is 1. The monoisotopic (exact) mass is 189 g/mol. The minimum atomic E-state index is -1.30. The van der Waals surface area contributed by atoms with Gasteiger partial charge in [0.15, 0.2) is 0 Å². The molecule has 0 aromatic heterocycles. The molecule has 0 bridgehead atoms. The van der Waals surface area contributed by atoms with Gasteiger partial charge in [-0.15, -0.1) is 5.06 Å². The Morgan fingerprint density at radius 1 is 1.38 bits per heavy atom. The van der Waals surface area contributed by atoms with E-state index in [1.807, 2.05) is 13.8 Å². The van der Waals surface area contributed by atoms with Crippen LogP contribution in [0.1, 0.15) is 26.7 Å². The Morgan fingerprint density at radius 2 is 1.85 bits per heavy atom. The molecule has 0 aromatic rings. The fraction of sp³-hybridized carbons (Fsp3) is 0.875. The molecule has 0 aliphatic carbocycles. The fourth-order valence-electron chi connectivity index (χ4n) is 1.80. The molecule has 1 aliphatic rings. The quantitative estimate of drug-likeness (QED) is 0.639.